The van der Waals surface area contributed by atoms with Gasteiger partial charge in [0.15, 0.2) is 5.69 Å². The molecule has 0 amide bonds. The number of aromatic nitrogens is 2. The first kappa shape index (κ1) is 10.8. The fourth-order valence-corrected chi connectivity index (χ4v) is 1.31. The normalized spacial score (nSPS) is 9.79. The van der Waals surface area contributed by atoms with Crippen molar-refractivity contribution in [3.63, 3.8) is 0 Å². The van der Waals surface area contributed by atoms with Crippen molar-refractivity contribution in [2.45, 2.75) is 0 Å². The first-order valence-corrected chi connectivity index (χ1v) is 3.92. The van der Waals surface area contributed by atoms with E-state index in [2.05, 4.69) is 4.98 Å². The second-order valence-corrected chi connectivity index (χ2v) is 2.97. The quantitative estimate of drug-likeness (QED) is 0.820. The predicted molar refractivity (Wildman–Crippen MR) is 54.4 cm³/mol. The Morgan fingerprint density at radius 1 is 1.50 bits per heavy atom. The molecule has 1 N–H and O–H groups in total. The van der Waals surface area contributed by atoms with Crippen LogP contribution in [0.25, 0.3) is 5.52 Å². The predicted octanol–water partition coefficient (Wildman–Crippen LogP) is 2.11. The molecule has 0 atom stereocenters. The standard InChI is InChI=1S/C8H5ClN2O2.ClH/c9-5-1-2-6-7(8(12)13)10-4-11(6)3-5;/h1-4H,(H,12,13);1H. The Hall–Kier alpha value is -1.26. The van der Waals surface area contributed by atoms with Crippen LogP contribution >= 0.6 is 24.0 Å². The average molecular weight is 233 g/mol. The van der Waals surface area contributed by atoms with Crippen molar-refractivity contribution in [2.24, 2.45) is 0 Å². The van der Waals surface area contributed by atoms with E-state index >= 15 is 0 Å². The number of rotatable bonds is 1. The largest absolute Gasteiger partial charge is 0.476 e. The summed E-state index contributed by atoms with van der Waals surface area (Å²) in [4.78, 5) is 14.4. The van der Waals surface area contributed by atoms with Gasteiger partial charge in [-0.3, -0.25) is 0 Å². The maximum Gasteiger partial charge on any atom is 0.356 e. The second-order valence-electron chi connectivity index (χ2n) is 2.54. The van der Waals surface area contributed by atoms with Crippen LogP contribution < -0.4 is 0 Å². The Balaban J connectivity index is 0.000000980. The third-order valence-electron chi connectivity index (χ3n) is 1.70. The number of carbonyl (C=O) groups is 1. The van der Waals surface area contributed by atoms with Gasteiger partial charge in [0, 0.05) is 6.20 Å². The van der Waals surface area contributed by atoms with Gasteiger partial charge in [-0.05, 0) is 12.1 Å². The molecular formula is C8H6Cl2N2O2. The summed E-state index contributed by atoms with van der Waals surface area (Å²) in [5, 5.41) is 9.28. The molecule has 0 saturated carbocycles. The highest BCUT2D eigenvalue weighted by atomic mass is 35.5. The zero-order valence-corrected chi connectivity index (χ0v) is 8.42. The monoisotopic (exact) mass is 232 g/mol. The molecule has 0 aliphatic heterocycles. The minimum atomic E-state index is -1.04. The summed E-state index contributed by atoms with van der Waals surface area (Å²) in [6.45, 7) is 0. The number of carboxylic acids is 1. The fourth-order valence-electron chi connectivity index (χ4n) is 1.14. The van der Waals surface area contributed by atoms with Crippen molar-refractivity contribution in [2.75, 3.05) is 0 Å². The van der Waals surface area contributed by atoms with Crippen LogP contribution in [-0.2, 0) is 0 Å². The topological polar surface area (TPSA) is 54.6 Å². The summed E-state index contributed by atoms with van der Waals surface area (Å²) in [5.41, 5.74) is 0.577. The molecule has 14 heavy (non-hydrogen) atoms. The van der Waals surface area contributed by atoms with Crippen LogP contribution in [0.2, 0.25) is 5.02 Å². The van der Waals surface area contributed by atoms with Gasteiger partial charge in [0.05, 0.1) is 10.5 Å². The van der Waals surface area contributed by atoms with Crippen LogP contribution in [-0.4, -0.2) is 20.5 Å². The zero-order chi connectivity index (χ0) is 9.42. The third-order valence-corrected chi connectivity index (χ3v) is 1.92. The van der Waals surface area contributed by atoms with Gasteiger partial charge >= 0.3 is 5.97 Å². The van der Waals surface area contributed by atoms with Crippen LogP contribution in [0.1, 0.15) is 10.5 Å². The molecule has 0 saturated heterocycles. The van der Waals surface area contributed by atoms with E-state index < -0.39 is 5.97 Å². The highest BCUT2D eigenvalue weighted by Crippen LogP contribution is 2.14. The van der Waals surface area contributed by atoms with Crippen molar-refractivity contribution in [3.8, 4) is 0 Å². The van der Waals surface area contributed by atoms with E-state index in [1.807, 2.05) is 0 Å². The minimum Gasteiger partial charge on any atom is -0.476 e. The smallest absolute Gasteiger partial charge is 0.356 e. The molecule has 4 nitrogen and oxygen atoms in total. The maximum absolute atomic E-state index is 10.7. The van der Waals surface area contributed by atoms with Crippen molar-refractivity contribution >= 4 is 35.5 Å². The number of nitrogens with zero attached hydrogens (tertiary/aromatic N) is 2. The molecular weight excluding hydrogens is 227 g/mol. The van der Waals surface area contributed by atoms with Crippen LogP contribution in [0.15, 0.2) is 24.7 Å². The van der Waals surface area contributed by atoms with E-state index in [9.17, 15) is 4.79 Å². The lowest BCUT2D eigenvalue weighted by atomic mass is 10.3. The van der Waals surface area contributed by atoms with Crippen molar-refractivity contribution in [1.29, 1.82) is 0 Å². The molecule has 2 aromatic rings. The van der Waals surface area contributed by atoms with Gasteiger partial charge < -0.3 is 9.51 Å². The zero-order valence-electron chi connectivity index (χ0n) is 6.85. The molecule has 6 heteroatoms. The SMILES string of the molecule is Cl.O=C(O)c1ncn2cc(Cl)ccc12. The Bertz CT molecular complexity index is 481. The van der Waals surface area contributed by atoms with E-state index in [1.54, 1.807) is 22.7 Å². The lowest BCUT2D eigenvalue weighted by Gasteiger charge is -1.94. The van der Waals surface area contributed by atoms with E-state index in [-0.39, 0.29) is 18.1 Å². The summed E-state index contributed by atoms with van der Waals surface area (Å²) >= 11 is 5.71. The first-order chi connectivity index (χ1) is 6.18. The number of fused-ring (bicyclic) bond motifs is 1. The van der Waals surface area contributed by atoms with Gasteiger partial charge in [0.1, 0.15) is 6.33 Å². The first-order valence-electron chi connectivity index (χ1n) is 3.54. The van der Waals surface area contributed by atoms with Crippen LogP contribution in [0, 0.1) is 0 Å². The second kappa shape index (κ2) is 3.86. The van der Waals surface area contributed by atoms with E-state index in [4.69, 9.17) is 16.7 Å². The number of pyridine rings is 1. The van der Waals surface area contributed by atoms with Gasteiger partial charge in [-0.2, -0.15) is 0 Å². The molecule has 0 radical (unpaired) electrons. The van der Waals surface area contributed by atoms with Crippen molar-refractivity contribution < 1.29 is 9.90 Å². The molecule has 2 aromatic heterocycles. The molecule has 0 unspecified atom stereocenters. The van der Waals surface area contributed by atoms with E-state index in [0.29, 0.717) is 10.5 Å². The number of hydrogen-bond acceptors (Lipinski definition) is 2. The van der Waals surface area contributed by atoms with Gasteiger partial charge in [0.2, 0.25) is 0 Å². The fraction of sp³-hybridized carbons (Fsp3) is 0. The van der Waals surface area contributed by atoms with Gasteiger partial charge in [-0.1, -0.05) is 11.6 Å². The summed E-state index contributed by atoms with van der Waals surface area (Å²) < 4.78 is 1.58. The van der Waals surface area contributed by atoms with Gasteiger partial charge in [-0.25, -0.2) is 9.78 Å². The number of carboxylic acid groups (broad SMARTS) is 1. The average Bonchev–Trinajstić information content (AvgIpc) is 2.46. The number of halogens is 2. The molecule has 0 aliphatic carbocycles. The highest BCUT2D eigenvalue weighted by Gasteiger charge is 2.10. The number of hydrogen-bond donors (Lipinski definition) is 1. The minimum absolute atomic E-state index is 0. The lowest BCUT2D eigenvalue weighted by Crippen LogP contribution is -1.96. The Labute approximate surface area is 90.5 Å². The lowest BCUT2D eigenvalue weighted by molar-refractivity contribution is 0.0693. The number of imidazole rings is 1. The molecule has 0 spiro atoms. The molecule has 2 heterocycles. The molecule has 74 valence electrons. The van der Waals surface area contributed by atoms with Crippen LogP contribution in [0.3, 0.4) is 0 Å². The van der Waals surface area contributed by atoms with Crippen LogP contribution in [0.4, 0.5) is 0 Å². The molecule has 0 fully saturated rings. The summed E-state index contributed by atoms with van der Waals surface area (Å²) in [6.07, 6.45) is 3.03. The number of aromatic carboxylic acids is 1. The molecule has 0 aliphatic rings. The molecule has 0 bridgehead atoms. The highest BCUT2D eigenvalue weighted by molar-refractivity contribution is 6.30. The third kappa shape index (κ3) is 1.66. The summed E-state index contributed by atoms with van der Waals surface area (Å²) in [5.74, 6) is -1.04. The Morgan fingerprint density at radius 2 is 2.21 bits per heavy atom. The summed E-state index contributed by atoms with van der Waals surface area (Å²) in [6, 6.07) is 3.25. The van der Waals surface area contributed by atoms with Crippen molar-refractivity contribution in [1.82, 2.24) is 9.38 Å². The van der Waals surface area contributed by atoms with E-state index in [0.717, 1.165) is 0 Å². The van der Waals surface area contributed by atoms with Gasteiger partial charge in [0.25, 0.3) is 0 Å². The molecule has 0 aromatic carbocycles. The Morgan fingerprint density at radius 3 is 2.86 bits per heavy atom. The molecule has 2 rings (SSSR count). The van der Waals surface area contributed by atoms with Crippen LogP contribution in [0.5, 0.6) is 0 Å². The van der Waals surface area contributed by atoms with Gasteiger partial charge in [-0.15, -0.1) is 12.4 Å². The van der Waals surface area contributed by atoms with E-state index in [1.165, 1.54) is 6.33 Å². The van der Waals surface area contributed by atoms with Crippen molar-refractivity contribution in [3.05, 3.63) is 35.4 Å². The Kier molecular flexibility index (Phi) is 2.98. The summed E-state index contributed by atoms with van der Waals surface area (Å²) in [7, 11) is 0. The maximum atomic E-state index is 10.7.